The van der Waals surface area contributed by atoms with E-state index in [1.807, 2.05) is 68.4 Å². The molecule has 0 saturated carbocycles. The van der Waals surface area contributed by atoms with Gasteiger partial charge in [0, 0.05) is 21.8 Å². The first-order valence-electron chi connectivity index (χ1n) is 16.6. The van der Waals surface area contributed by atoms with E-state index in [1.165, 1.54) is 11.8 Å². The maximum atomic E-state index is 13.8. The number of carbonyl (C=O) groups excluding carboxylic acids is 4. The van der Waals surface area contributed by atoms with Crippen LogP contribution in [0.1, 0.15) is 59.4 Å². The zero-order chi connectivity index (χ0) is 35.3. The fourth-order valence-electron chi connectivity index (χ4n) is 5.11. The van der Waals surface area contributed by atoms with Crippen LogP contribution in [0, 0.1) is 0 Å². The average molecular weight is 686 g/mol. The van der Waals surface area contributed by atoms with Crippen molar-refractivity contribution in [3.63, 3.8) is 0 Å². The molecule has 0 radical (unpaired) electrons. The van der Waals surface area contributed by atoms with Crippen molar-refractivity contribution >= 4 is 63.7 Å². The van der Waals surface area contributed by atoms with E-state index in [4.69, 9.17) is 4.74 Å². The highest BCUT2D eigenvalue weighted by Gasteiger charge is 2.20. The molecule has 0 aliphatic carbocycles. The molecule has 0 bridgehead atoms. The number of carbonyl (C=O) groups is 4. The molecule has 0 aliphatic heterocycles. The van der Waals surface area contributed by atoms with Gasteiger partial charge >= 0.3 is 5.97 Å². The van der Waals surface area contributed by atoms with Crippen LogP contribution in [0.15, 0.2) is 132 Å². The molecular formula is C41H39N3O5S. The number of hydrogen-bond donors (Lipinski definition) is 3. The van der Waals surface area contributed by atoms with E-state index in [0.29, 0.717) is 35.5 Å². The van der Waals surface area contributed by atoms with Crippen molar-refractivity contribution in [3.8, 4) is 0 Å². The third-order valence-corrected chi connectivity index (χ3v) is 9.16. The number of amides is 3. The van der Waals surface area contributed by atoms with Crippen molar-refractivity contribution in [1.82, 2.24) is 5.32 Å². The molecule has 1 atom stereocenters. The number of rotatable bonds is 14. The number of anilines is 2. The lowest BCUT2D eigenvalue weighted by Gasteiger charge is -2.16. The Kier molecular flexibility index (Phi) is 12.6. The molecule has 3 N–H and O–H groups in total. The number of unbranched alkanes of at least 4 members (excludes halogenated alkanes) is 1. The molecule has 5 aromatic rings. The van der Waals surface area contributed by atoms with Gasteiger partial charge in [0.05, 0.1) is 17.4 Å². The highest BCUT2D eigenvalue weighted by atomic mass is 32.2. The smallest absolute Gasteiger partial charge is 0.338 e. The van der Waals surface area contributed by atoms with Crippen LogP contribution in [-0.2, 0) is 14.3 Å². The summed E-state index contributed by atoms with van der Waals surface area (Å²) in [7, 11) is 0. The van der Waals surface area contributed by atoms with E-state index >= 15 is 0 Å². The fraction of sp³-hybridized carbons (Fsp3) is 0.171. The van der Waals surface area contributed by atoms with Crippen LogP contribution >= 0.6 is 11.8 Å². The number of hydrogen-bond acceptors (Lipinski definition) is 6. The van der Waals surface area contributed by atoms with Gasteiger partial charge < -0.3 is 20.7 Å². The van der Waals surface area contributed by atoms with Gasteiger partial charge in [-0.25, -0.2) is 4.79 Å². The minimum atomic E-state index is -0.494. The normalized spacial score (nSPS) is 11.8. The van der Waals surface area contributed by atoms with Gasteiger partial charge in [0.1, 0.15) is 5.70 Å². The first-order chi connectivity index (χ1) is 24.3. The number of thioether (sulfide) groups is 1. The maximum Gasteiger partial charge on any atom is 0.338 e. The van der Waals surface area contributed by atoms with Gasteiger partial charge in [-0.2, -0.15) is 0 Å². The summed E-state index contributed by atoms with van der Waals surface area (Å²) in [6.07, 6.45) is 3.98. The van der Waals surface area contributed by atoms with Crippen LogP contribution in [0.2, 0.25) is 0 Å². The van der Waals surface area contributed by atoms with Crippen LogP contribution in [0.4, 0.5) is 11.4 Å². The standard InChI is InChI=1S/C41H39N3O5S/c1-3-5-25-49-41(48)30-21-23-32(24-22-30)42-40(47)37(4-2)50-34-19-12-18-33(27-34)43-39(46)36(44-38(45)29-14-7-6-8-15-29)26-31-17-11-16-28-13-9-10-20-35(28)31/h6-24,26-27,37H,3-5,25H2,1-2H3,(H,42,47)(H,43,46)(H,44,45)/b36-26+. The van der Waals surface area contributed by atoms with Crippen molar-refractivity contribution in [2.75, 3.05) is 17.2 Å². The molecule has 5 rings (SSSR count). The third-order valence-electron chi connectivity index (χ3n) is 7.80. The molecule has 0 fully saturated rings. The topological polar surface area (TPSA) is 114 Å². The summed E-state index contributed by atoms with van der Waals surface area (Å²) in [5.74, 6) is -1.48. The quantitative estimate of drug-likeness (QED) is 0.0467. The Hall–Kier alpha value is -5.67. The van der Waals surface area contributed by atoms with E-state index in [1.54, 1.807) is 72.8 Å². The lowest BCUT2D eigenvalue weighted by Crippen LogP contribution is -2.30. The number of ether oxygens (including phenoxy) is 1. The molecule has 0 aromatic heterocycles. The Morgan fingerprint density at radius 1 is 0.740 bits per heavy atom. The Bertz CT molecular complexity index is 1990. The molecule has 8 nitrogen and oxygen atoms in total. The van der Waals surface area contributed by atoms with Gasteiger partial charge in [-0.1, -0.05) is 87.0 Å². The highest BCUT2D eigenvalue weighted by Crippen LogP contribution is 2.29. The van der Waals surface area contributed by atoms with E-state index in [2.05, 4.69) is 16.0 Å². The number of fused-ring (bicyclic) bond motifs is 1. The highest BCUT2D eigenvalue weighted by molar-refractivity contribution is 8.00. The lowest BCUT2D eigenvalue weighted by molar-refractivity contribution is -0.116. The minimum Gasteiger partial charge on any atom is -0.462 e. The molecule has 254 valence electrons. The van der Waals surface area contributed by atoms with Crippen molar-refractivity contribution in [3.05, 3.63) is 144 Å². The second-order valence-corrected chi connectivity index (χ2v) is 12.8. The van der Waals surface area contributed by atoms with Crippen LogP contribution < -0.4 is 16.0 Å². The largest absolute Gasteiger partial charge is 0.462 e. The van der Waals surface area contributed by atoms with Gasteiger partial charge in [0.15, 0.2) is 0 Å². The Labute approximate surface area is 296 Å². The summed E-state index contributed by atoms with van der Waals surface area (Å²) in [5, 5.41) is 10.2. The zero-order valence-electron chi connectivity index (χ0n) is 28.0. The second-order valence-electron chi connectivity index (χ2n) is 11.5. The molecular weight excluding hydrogens is 647 g/mol. The van der Waals surface area contributed by atoms with E-state index in [9.17, 15) is 19.2 Å². The average Bonchev–Trinajstić information content (AvgIpc) is 3.14. The summed E-state index contributed by atoms with van der Waals surface area (Å²) < 4.78 is 5.26. The molecule has 0 spiro atoms. The Balaban J connectivity index is 1.29. The Morgan fingerprint density at radius 3 is 2.22 bits per heavy atom. The van der Waals surface area contributed by atoms with Crippen molar-refractivity contribution < 1.29 is 23.9 Å². The summed E-state index contributed by atoms with van der Waals surface area (Å²) in [5.41, 5.74) is 2.79. The molecule has 5 aromatic carbocycles. The number of nitrogens with one attached hydrogen (secondary N) is 3. The second kappa shape index (κ2) is 17.6. The minimum absolute atomic E-state index is 0.0827. The van der Waals surface area contributed by atoms with Crippen LogP contribution in [-0.4, -0.2) is 35.5 Å². The van der Waals surface area contributed by atoms with E-state index in [0.717, 1.165) is 34.1 Å². The van der Waals surface area contributed by atoms with Gasteiger partial charge in [-0.15, -0.1) is 11.8 Å². The predicted octanol–water partition coefficient (Wildman–Crippen LogP) is 8.72. The van der Waals surface area contributed by atoms with Gasteiger partial charge in [0.25, 0.3) is 11.8 Å². The Morgan fingerprint density at radius 2 is 1.46 bits per heavy atom. The molecule has 3 amide bonds. The summed E-state index contributed by atoms with van der Waals surface area (Å²) in [6, 6.07) is 36.2. The fourth-order valence-corrected chi connectivity index (χ4v) is 6.12. The molecule has 0 heterocycles. The van der Waals surface area contributed by atoms with Crippen molar-refractivity contribution in [2.24, 2.45) is 0 Å². The summed E-state index contributed by atoms with van der Waals surface area (Å²) in [6.45, 7) is 4.33. The number of esters is 1. The molecule has 0 aliphatic rings. The summed E-state index contributed by atoms with van der Waals surface area (Å²) >= 11 is 1.38. The zero-order valence-corrected chi connectivity index (χ0v) is 28.8. The summed E-state index contributed by atoms with van der Waals surface area (Å²) in [4.78, 5) is 53.2. The van der Waals surface area contributed by atoms with Gasteiger partial charge in [-0.05, 0) is 89.9 Å². The monoisotopic (exact) mass is 685 g/mol. The van der Waals surface area contributed by atoms with Gasteiger partial charge in [-0.3, -0.25) is 14.4 Å². The molecule has 1 unspecified atom stereocenters. The first-order valence-corrected chi connectivity index (χ1v) is 17.4. The van der Waals surface area contributed by atoms with Crippen LogP contribution in [0.3, 0.4) is 0 Å². The molecule has 0 saturated heterocycles. The van der Waals surface area contributed by atoms with Crippen LogP contribution in [0.25, 0.3) is 16.8 Å². The molecule has 50 heavy (non-hydrogen) atoms. The third kappa shape index (κ3) is 9.70. The van der Waals surface area contributed by atoms with Crippen LogP contribution in [0.5, 0.6) is 0 Å². The maximum absolute atomic E-state index is 13.8. The van der Waals surface area contributed by atoms with Crippen molar-refractivity contribution in [1.29, 1.82) is 0 Å². The lowest BCUT2D eigenvalue weighted by atomic mass is 10.0. The van der Waals surface area contributed by atoms with Crippen molar-refractivity contribution in [2.45, 2.75) is 43.3 Å². The molecule has 9 heteroatoms. The first kappa shape index (κ1) is 35.6. The number of benzene rings is 5. The van der Waals surface area contributed by atoms with Gasteiger partial charge in [0.2, 0.25) is 5.91 Å². The SMILES string of the molecule is CCCCOC(=O)c1ccc(NC(=O)C(CC)Sc2cccc(NC(=O)/C(=C\c3cccc4ccccc34)NC(=O)c3ccccc3)c2)cc1. The predicted molar refractivity (Wildman–Crippen MR) is 201 cm³/mol. The van der Waals surface area contributed by atoms with E-state index in [-0.39, 0.29) is 17.6 Å². The van der Waals surface area contributed by atoms with E-state index < -0.39 is 17.1 Å².